The molecule has 0 radical (unpaired) electrons. The number of anilines is 1. The van der Waals surface area contributed by atoms with Crippen molar-refractivity contribution in [2.75, 3.05) is 19.0 Å². The van der Waals surface area contributed by atoms with E-state index < -0.39 is 0 Å². The lowest BCUT2D eigenvalue weighted by molar-refractivity contribution is -0.122. The second-order valence-corrected chi connectivity index (χ2v) is 4.45. The van der Waals surface area contributed by atoms with Crippen molar-refractivity contribution in [3.05, 3.63) is 48.3 Å². The molecule has 5 nitrogen and oxygen atoms in total. The van der Waals surface area contributed by atoms with Gasteiger partial charge in [0.25, 0.3) is 5.91 Å². The first-order valence-electron chi connectivity index (χ1n) is 6.46. The van der Waals surface area contributed by atoms with Gasteiger partial charge < -0.3 is 19.9 Å². The van der Waals surface area contributed by atoms with Gasteiger partial charge in [-0.15, -0.1) is 0 Å². The molecule has 0 aliphatic rings. The predicted octanol–water partition coefficient (Wildman–Crippen LogP) is 1.76. The quantitative estimate of drug-likeness (QED) is 0.843. The van der Waals surface area contributed by atoms with E-state index in [2.05, 4.69) is 21.3 Å². The number of aryl methyl sites for hydroxylation is 1. The summed E-state index contributed by atoms with van der Waals surface area (Å²) >= 11 is 0. The number of hydrogen-bond acceptors (Lipinski definition) is 3. The molecule has 0 aliphatic heterocycles. The summed E-state index contributed by atoms with van der Waals surface area (Å²) in [5, 5.41) is 5.85. The summed E-state index contributed by atoms with van der Waals surface area (Å²) in [6, 6.07) is 11.7. The Morgan fingerprint density at radius 2 is 2.15 bits per heavy atom. The molecule has 0 fully saturated rings. The Kier molecular flexibility index (Phi) is 4.65. The van der Waals surface area contributed by atoms with Gasteiger partial charge >= 0.3 is 0 Å². The Hall–Kier alpha value is -2.43. The van der Waals surface area contributed by atoms with Crippen LogP contribution in [-0.2, 0) is 18.4 Å². The number of nitrogens with zero attached hydrogens (tertiary/aromatic N) is 1. The molecule has 1 amide bonds. The van der Waals surface area contributed by atoms with Gasteiger partial charge in [0, 0.05) is 37.7 Å². The molecule has 0 saturated carbocycles. The van der Waals surface area contributed by atoms with E-state index in [9.17, 15) is 4.79 Å². The molecule has 1 aromatic heterocycles. The third-order valence-corrected chi connectivity index (χ3v) is 3.01. The molecular formula is C15H19N3O2. The first-order chi connectivity index (χ1) is 9.69. The average Bonchev–Trinajstić information content (AvgIpc) is 2.88. The van der Waals surface area contributed by atoms with E-state index in [0.717, 1.165) is 12.2 Å². The highest BCUT2D eigenvalue weighted by atomic mass is 16.5. The van der Waals surface area contributed by atoms with Crippen LogP contribution in [0.2, 0.25) is 0 Å². The highest BCUT2D eigenvalue weighted by Crippen LogP contribution is 2.18. The Balaban J connectivity index is 1.92. The van der Waals surface area contributed by atoms with E-state index >= 15 is 0 Å². The van der Waals surface area contributed by atoms with Crippen LogP contribution < -0.4 is 15.4 Å². The topological polar surface area (TPSA) is 55.3 Å². The highest BCUT2D eigenvalue weighted by Gasteiger charge is 2.02. The Morgan fingerprint density at radius 1 is 1.30 bits per heavy atom. The average molecular weight is 273 g/mol. The standard InChI is InChI=1S/C15H19N3O2/c1-16-15(19)11-20-14-7-3-5-12(9-14)17-10-13-6-4-8-18(13)2/h3-9,17H,10-11H2,1-2H3,(H,16,19). The van der Waals surface area contributed by atoms with Crippen LogP contribution in [0.5, 0.6) is 5.75 Å². The summed E-state index contributed by atoms with van der Waals surface area (Å²) in [5.41, 5.74) is 2.15. The SMILES string of the molecule is CNC(=O)COc1cccc(NCc2cccn2C)c1. The number of likely N-dealkylation sites (N-methyl/N-ethyl adjacent to an activating group) is 1. The first kappa shape index (κ1) is 14.0. The lowest BCUT2D eigenvalue weighted by Gasteiger charge is -2.10. The molecule has 2 rings (SSSR count). The maximum absolute atomic E-state index is 11.1. The number of benzene rings is 1. The molecule has 2 aromatic rings. The van der Waals surface area contributed by atoms with Gasteiger partial charge in [-0.1, -0.05) is 6.07 Å². The normalized spacial score (nSPS) is 10.1. The van der Waals surface area contributed by atoms with Crippen LogP contribution in [-0.4, -0.2) is 24.1 Å². The highest BCUT2D eigenvalue weighted by molar-refractivity contribution is 5.77. The largest absolute Gasteiger partial charge is 0.484 e. The number of carbonyl (C=O) groups is 1. The summed E-state index contributed by atoms with van der Waals surface area (Å²) in [5.74, 6) is 0.526. The summed E-state index contributed by atoms with van der Waals surface area (Å²) in [4.78, 5) is 11.1. The monoisotopic (exact) mass is 273 g/mol. The number of ether oxygens (including phenoxy) is 1. The fourth-order valence-electron chi connectivity index (χ4n) is 1.79. The summed E-state index contributed by atoms with van der Waals surface area (Å²) in [6.07, 6.45) is 2.01. The molecule has 106 valence electrons. The van der Waals surface area contributed by atoms with Crippen LogP contribution in [0.1, 0.15) is 5.69 Å². The lowest BCUT2D eigenvalue weighted by atomic mass is 10.3. The van der Waals surface area contributed by atoms with Crippen molar-refractivity contribution in [1.82, 2.24) is 9.88 Å². The number of carbonyl (C=O) groups excluding carboxylic acids is 1. The predicted molar refractivity (Wildman–Crippen MR) is 78.7 cm³/mol. The third kappa shape index (κ3) is 3.78. The number of aromatic nitrogens is 1. The van der Waals surface area contributed by atoms with Crippen LogP contribution in [0, 0.1) is 0 Å². The van der Waals surface area contributed by atoms with Crippen LogP contribution in [0.25, 0.3) is 0 Å². The van der Waals surface area contributed by atoms with Crippen molar-refractivity contribution >= 4 is 11.6 Å². The summed E-state index contributed by atoms with van der Waals surface area (Å²) in [7, 11) is 3.60. The van der Waals surface area contributed by atoms with Gasteiger partial charge in [-0.3, -0.25) is 4.79 Å². The molecule has 0 atom stereocenters. The number of nitrogens with one attached hydrogen (secondary N) is 2. The van der Waals surface area contributed by atoms with Crippen LogP contribution >= 0.6 is 0 Å². The lowest BCUT2D eigenvalue weighted by Crippen LogP contribution is -2.24. The van der Waals surface area contributed by atoms with E-state index in [1.807, 2.05) is 43.6 Å². The zero-order valence-corrected chi connectivity index (χ0v) is 11.7. The summed E-state index contributed by atoms with van der Waals surface area (Å²) in [6.45, 7) is 0.764. The van der Waals surface area contributed by atoms with Crippen molar-refractivity contribution in [1.29, 1.82) is 0 Å². The van der Waals surface area contributed by atoms with Gasteiger partial charge in [-0.05, 0) is 24.3 Å². The molecular weight excluding hydrogens is 254 g/mol. The van der Waals surface area contributed by atoms with Gasteiger partial charge in [-0.2, -0.15) is 0 Å². The fraction of sp³-hybridized carbons (Fsp3) is 0.267. The van der Waals surface area contributed by atoms with E-state index in [1.54, 1.807) is 7.05 Å². The number of rotatable bonds is 6. The van der Waals surface area contributed by atoms with Crippen LogP contribution in [0.4, 0.5) is 5.69 Å². The van der Waals surface area contributed by atoms with Crippen molar-refractivity contribution in [2.24, 2.45) is 7.05 Å². The minimum Gasteiger partial charge on any atom is -0.484 e. The van der Waals surface area contributed by atoms with Crippen molar-refractivity contribution in [2.45, 2.75) is 6.54 Å². The van der Waals surface area contributed by atoms with E-state index in [-0.39, 0.29) is 12.5 Å². The molecule has 0 bridgehead atoms. The molecule has 0 aliphatic carbocycles. The van der Waals surface area contributed by atoms with E-state index in [1.165, 1.54) is 5.69 Å². The van der Waals surface area contributed by atoms with Crippen molar-refractivity contribution < 1.29 is 9.53 Å². The van der Waals surface area contributed by atoms with Gasteiger partial charge in [0.05, 0.1) is 6.54 Å². The van der Waals surface area contributed by atoms with Crippen LogP contribution in [0.3, 0.4) is 0 Å². The second kappa shape index (κ2) is 6.65. The molecule has 1 heterocycles. The van der Waals surface area contributed by atoms with Crippen LogP contribution in [0.15, 0.2) is 42.6 Å². The Morgan fingerprint density at radius 3 is 2.85 bits per heavy atom. The Labute approximate surface area is 118 Å². The molecule has 1 aromatic carbocycles. The Bertz CT molecular complexity index is 578. The zero-order chi connectivity index (χ0) is 14.4. The maximum Gasteiger partial charge on any atom is 0.257 e. The first-order valence-corrected chi connectivity index (χ1v) is 6.46. The van der Waals surface area contributed by atoms with Gasteiger partial charge in [0.15, 0.2) is 6.61 Å². The summed E-state index contributed by atoms with van der Waals surface area (Å²) < 4.78 is 7.47. The minimum atomic E-state index is -0.146. The van der Waals surface area contributed by atoms with E-state index in [4.69, 9.17) is 4.74 Å². The van der Waals surface area contributed by atoms with E-state index in [0.29, 0.717) is 5.75 Å². The van der Waals surface area contributed by atoms with Crippen molar-refractivity contribution in [3.63, 3.8) is 0 Å². The molecule has 20 heavy (non-hydrogen) atoms. The molecule has 5 heteroatoms. The van der Waals surface area contributed by atoms with Crippen molar-refractivity contribution in [3.8, 4) is 5.75 Å². The maximum atomic E-state index is 11.1. The minimum absolute atomic E-state index is 0.0256. The third-order valence-electron chi connectivity index (χ3n) is 3.01. The van der Waals surface area contributed by atoms with Gasteiger partial charge in [0.2, 0.25) is 0 Å². The molecule has 0 spiro atoms. The molecule has 0 unspecified atom stereocenters. The van der Waals surface area contributed by atoms with Gasteiger partial charge in [0.1, 0.15) is 5.75 Å². The zero-order valence-electron chi connectivity index (χ0n) is 11.7. The molecule has 2 N–H and O–H groups in total. The smallest absolute Gasteiger partial charge is 0.257 e. The van der Waals surface area contributed by atoms with Gasteiger partial charge in [-0.25, -0.2) is 0 Å². The second-order valence-electron chi connectivity index (χ2n) is 4.45. The fourth-order valence-corrected chi connectivity index (χ4v) is 1.79. The number of amides is 1. The molecule has 0 saturated heterocycles. The number of hydrogen-bond donors (Lipinski definition) is 2.